The summed E-state index contributed by atoms with van der Waals surface area (Å²) in [6.07, 6.45) is 1.09. The highest BCUT2D eigenvalue weighted by molar-refractivity contribution is 6.31. The highest BCUT2D eigenvalue weighted by Gasteiger charge is 2.20. The quantitative estimate of drug-likeness (QED) is 0.721. The normalized spacial score (nSPS) is 20.6. The Morgan fingerprint density at radius 1 is 1.54 bits per heavy atom. The van der Waals surface area contributed by atoms with E-state index in [0.29, 0.717) is 6.04 Å². The summed E-state index contributed by atoms with van der Waals surface area (Å²) in [6.45, 7) is 1.01. The van der Waals surface area contributed by atoms with Gasteiger partial charge < -0.3 is 10.6 Å². The minimum atomic E-state index is 0.393. The second-order valence-electron chi connectivity index (χ2n) is 3.26. The molecular weight excluding hydrogens is 184 g/mol. The van der Waals surface area contributed by atoms with Gasteiger partial charge in [0, 0.05) is 28.9 Å². The van der Waals surface area contributed by atoms with Gasteiger partial charge in [-0.1, -0.05) is 17.7 Å². The summed E-state index contributed by atoms with van der Waals surface area (Å²) in [4.78, 5) is 0. The third kappa shape index (κ3) is 1.52. The molecule has 2 N–H and O–H groups in total. The zero-order chi connectivity index (χ0) is 9.26. The minimum absolute atomic E-state index is 0.393. The number of hydrogen-bond donors (Lipinski definition) is 2. The molecule has 1 aliphatic heterocycles. The van der Waals surface area contributed by atoms with E-state index in [-0.39, 0.29) is 0 Å². The van der Waals surface area contributed by atoms with Crippen molar-refractivity contribution >= 4 is 17.3 Å². The molecule has 0 saturated carbocycles. The van der Waals surface area contributed by atoms with Crippen LogP contribution < -0.4 is 10.6 Å². The Hall–Kier alpha value is -0.730. The molecule has 1 aromatic rings. The van der Waals surface area contributed by atoms with Crippen molar-refractivity contribution < 1.29 is 0 Å². The topological polar surface area (TPSA) is 24.1 Å². The summed E-state index contributed by atoms with van der Waals surface area (Å²) in [6, 6.07) is 6.39. The molecule has 1 atom stereocenters. The third-order valence-corrected chi connectivity index (χ3v) is 2.83. The molecule has 0 saturated heterocycles. The van der Waals surface area contributed by atoms with E-state index in [0.717, 1.165) is 23.7 Å². The second kappa shape index (κ2) is 3.56. The van der Waals surface area contributed by atoms with E-state index in [1.54, 1.807) is 0 Å². The van der Waals surface area contributed by atoms with Gasteiger partial charge in [0.15, 0.2) is 0 Å². The molecular formula is C10H13ClN2. The molecule has 0 aliphatic carbocycles. The molecule has 0 bridgehead atoms. The Bertz CT molecular complexity index is 312. The van der Waals surface area contributed by atoms with Crippen LogP contribution in [0, 0.1) is 0 Å². The van der Waals surface area contributed by atoms with Crippen LogP contribution in [0.5, 0.6) is 0 Å². The number of benzene rings is 1. The number of hydrogen-bond acceptors (Lipinski definition) is 2. The molecule has 0 spiro atoms. The van der Waals surface area contributed by atoms with Crippen molar-refractivity contribution in [3.05, 3.63) is 28.8 Å². The van der Waals surface area contributed by atoms with Crippen LogP contribution in [0.15, 0.2) is 18.2 Å². The maximum absolute atomic E-state index is 6.14. The Labute approximate surface area is 83.3 Å². The van der Waals surface area contributed by atoms with E-state index in [1.165, 1.54) is 5.56 Å². The van der Waals surface area contributed by atoms with Crippen molar-refractivity contribution in [3.63, 3.8) is 0 Å². The van der Waals surface area contributed by atoms with Gasteiger partial charge in [0.1, 0.15) is 0 Å². The fourth-order valence-corrected chi connectivity index (χ4v) is 2.14. The lowest BCUT2D eigenvalue weighted by Crippen LogP contribution is -2.25. The first kappa shape index (κ1) is 8.85. The molecule has 2 nitrogen and oxygen atoms in total. The second-order valence-corrected chi connectivity index (χ2v) is 3.66. The fraction of sp³-hybridized carbons (Fsp3) is 0.400. The molecule has 0 aromatic heterocycles. The van der Waals surface area contributed by atoms with Crippen molar-refractivity contribution in [1.29, 1.82) is 0 Å². The molecule has 1 heterocycles. The summed E-state index contributed by atoms with van der Waals surface area (Å²) in [5, 5.41) is 7.47. The Morgan fingerprint density at radius 3 is 3.15 bits per heavy atom. The molecule has 13 heavy (non-hydrogen) atoms. The average Bonchev–Trinajstić information content (AvgIpc) is 2.17. The Balaban J connectivity index is 2.47. The summed E-state index contributed by atoms with van der Waals surface area (Å²) in [5.41, 5.74) is 2.37. The maximum atomic E-state index is 6.14. The summed E-state index contributed by atoms with van der Waals surface area (Å²) in [5.74, 6) is 0. The van der Waals surface area contributed by atoms with Gasteiger partial charge in [0.2, 0.25) is 0 Å². The predicted octanol–water partition coefficient (Wildman–Crippen LogP) is 2.42. The number of anilines is 1. The van der Waals surface area contributed by atoms with Crippen molar-refractivity contribution in [3.8, 4) is 0 Å². The largest absolute Gasteiger partial charge is 0.385 e. The van der Waals surface area contributed by atoms with E-state index in [2.05, 4.69) is 16.7 Å². The van der Waals surface area contributed by atoms with Gasteiger partial charge in [-0.3, -0.25) is 0 Å². The van der Waals surface area contributed by atoms with Gasteiger partial charge in [0.25, 0.3) is 0 Å². The van der Waals surface area contributed by atoms with E-state index >= 15 is 0 Å². The van der Waals surface area contributed by atoms with E-state index in [4.69, 9.17) is 11.6 Å². The number of rotatable bonds is 1. The zero-order valence-electron chi connectivity index (χ0n) is 7.60. The maximum Gasteiger partial charge on any atom is 0.0474 e. The van der Waals surface area contributed by atoms with Crippen molar-refractivity contribution in [1.82, 2.24) is 5.32 Å². The van der Waals surface area contributed by atoms with Crippen molar-refractivity contribution in [2.75, 3.05) is 18.9 Å². The molecule has 0 fully saturated rings. The highest BCUT2D eigenvalue weighted by Crippen LogP contribution is 2.34. The Kier molecular flexibility index (Phi) is 2.42. The van der Waals surface area contributed by atoms with Crippen LogP contribution in [-0.2, 0) is 0 Å². The van der Waals surface area contributed by atoms with Gasteiger partial charge in [-0.25, -0.2) is 0 Å². The third-order valence-electron chi connectivity index (χ3n) is 2.50. The molecule has 70 valence electrons. The minimum Gasteiger partial charge on any atom is -0.385 e. The smallest absolute Gasteiger partial charge is 0.0474 e. The fourth-order valence-electron chi connectivity index (χ4n) is 1.83. The molecule has 1 unspecified atom stereocenters. The number of fused-ring (bicyclic) bond motifs is 1. The van der Waals surface area contributed by atoms with Gasteiger partial charge in [-0.05, 0) is 25.6 Å². The van der Waals surface area contributed by atoms with E-state index in [1.807, 2.05) is 19.2 Å². The molecule has 1 aliphatic rings. The van der Waals surface area contributed by atoms with Crippen LogP contribution in [0.4, 0.5) is 5.69 Å². The van der Waals surface area contributed by atoms with Gasteiger partial charge in [-0.15, -0.1) is 0 Å². The lowest BCUT2D eigenvalue weighted by Gasteiger charge is -2.27. The number of halogens is 1. The molecule has 2 rings (SSSR count). The summed E-state index contributed by atoms with van der Waals surface area (Å²) >= 11 is 6.14. The Morgan fingerprint density at radius 2 is 2.38 bits per heavy atom. The first-order valence-electron chi connectivity index (χ1n) is 4.52. The predicted molar refractivity (Wildman–Crippen MR) is 56.4 cm³/mol. The standard InChI is InChI=1S/C10H13ClN2/c1-12-8-5-6-13-9-4-2-3-7(11)10(8)9/h2-4,8,12-13H,5-6H2,1H3. The first-order chi connectivity index (χ1) is 6.33. The SMILES string of the molecule is CNC1CCNc2cccc(Cl)c21. The monoisotopic (exact) mass is 196 g/mol. The van der Waals surface area contributed by atoms with Crippen LogP contribution in [0.25, 0.3) is 0 Å². The first-order valence-corrected chi connectivity index (χ1v) is 4.90. The lowest BCUT2D eigenvalue weighted by molar-refractivity contribution is 0.551. The van der Waals surface area contributed by atoms with Crippen LogP contribution in [0.2, 0.25) is 5.02 Å². The van der Waals surface area contributed by atoms with Gasteiger partial charge in [0.05, 0.1) is 0 Å². The van der Waals surface area contributed by atoms with Crippen LogP contribution in [0.3, 0.4) is 0 Å². The summed E-state index contributed by atoms with van der Waals surface area (Å²) < 4.78 is 0. The molecule has 1 aromatic carbocycles. The summed E-state index contributed by atoms with van der Waals surface area (Å²) in [7, 11) is 1.98. The van der Waals surface area contributed by atoms with E-state index in [9.17, 15) is 0 Å². The number of nitrogens with one attached hydrogen (secondary N) is 2. The van der Waals surface area contributed by atoms with Crippen LogP contribution in [-0.4, -0.2) is 13.6 Å². The van der Waals surface area contributed by atoms with Crippen LogP contribution >= 0.6 is 11.6 Å². The van der Waals surface area contributed by atoms with Crippen molar-refractivity contribution in [2.24, 2.45) is 0 Å². The van der Waals surface area contributed by atoms with Gasteiger partial charge >= 0.3 is 0 Å². The van der Waals surface area contributed by atoms with Crippen molar-refractivity contribution in [2.45, 2.75) is 12.5 Å². The molecule has 0 amide bonds. The molecule has 0 radical (unpaired) electrons. The van der Waals surface area contributed by atoms with E-state index < -0.39 is 0 Å². The zero-order valence-corrected chi connectivity index (χ0v) is 8.36. The highest BCUT2D eigenvalue weighted by atomic mass is 35.5. The lowest BCUT2D eigenvalue weighted by atomic mass is 9.98. The van der Waals surface area contributed by atoms with Crippen LogP contribution in [0.1, 0.15) is 18.0 Å². The van der Waals surface area contributed by atoms with Gasteiger partial charge in [-0.2, -0.15) is 0 Å². The average molecular weight is 197 g/mol. The molecule has 3 heteroatoms.